The Hall–Kier alpha value is -1.84. The van der Waals surface area contributed by atoms with Crippen molar-refractivity contribution in [3.63, 3.8) is 0 Å². The Morgan fingerprint density at radius 3 is 2.86 bits per heavy atom. The number of hydrogen-bond donors (Lipinski definition) is 1. The van der Waals surface area contributed by atoms with Crippen LogP contribution in [0.1, 0.15) is 18.4 Å². The van der Waals surface area contributed by atoms with E-state index in [1.54, 1.807) is 0 Å². The highest BCUT2D eigenvalue weighted by atomic mass is 16.5. The van der Waals surface area contributed by atoms with Gasteiger partial charge in [0.05, 0.1) is 0 Å². The first-order valence-corrected chi connectivity index (χ1v) is 4.14. The summed E-state index contributed by atoms with van der Waals surface area (Å²) >= 11 is 0. The van der Waals surface area contributed by atoms with Crippen LogP contribution in [0.15, 0.2) is 18.2 Å². The molecule has 1 heterocycles. The molecule has 1 aromatic rings. The molecule has 14 heavy (non-hydrogen) atoms. The lowest BCUT2D eigenvalue weighted by molar-refractivity contribution is -0.137. The Kier molecular flexibility index (Phi) is 1.77. The molecule has 0 bridgehead atoms. The zero-order valence-electron chi connectivity index (χ0n) is 7.48. The molecular formula is C10H8O4. The highest BCUT2D eigenvalue weighted by Gasteiger charge is 2.36. The monoisotopic (exact) mass is 192 g/mol. The number of fused-ring (bicyclic) bond motifs is 1. The molecule has 1 aromatic carbocycles. The first-order chi connectivity index (χ1) is 6.59. The first-order valence-electron chi connectivity index (χ1n) is 4.14. The summed E-state index contributed by atoms with van der Waals surface area (Å²) in [5.41, 5.74) is 0.528. The van der Waals surface area contributed by atoms with Crippen LogP contribution in [0.25, 0.3) is 0 Å². The van der Waals surface area contributed by atoms with Crippen molar-refractivity contribution >= 4 is 11.8 Å². The second-order valence-electron chi connectivity index (χ2n) is 3.19. The number of phenols is 1. The molecule has 1 unspecified atom stereocenters. The van der Waals surface area contributed by atoms with Gasteiger partial charge in [0, 0.05) is 11.6 Å². The summed E-state index contributed by atoms with van der Waals surface area (Å²) < 4.78 is 4.84. The van der Waals surface area contributed by atoms with Crippen LogP contribution in [-0.4, -0.2) is 16.9 Å². The third kappa shape index (κ3) is 1.16. The maximum atomic E-state index is 11.3. The van der Waals surface area contributed by atoms with Crippen molar-refractivity contribution in [1.82, 2.24) is 0 Å². The van der Waals surface area contributed by atoms with Crippen molar-refractivity contribution < 1.29 is 19.4 Å². The molecule has 0 amide bonds. The van der Waals surface area contributed by atoms with Gasteiger partial charge in [0.1, 0.15) is 23.2 Å². The van der Waals surface area contributed by atoms with Gasteiger partial charge < -0.3 is 9.84 Å². The van der Waals surface area contributed by atoms with Gasteiger partial charge in [-0.25, -0.2) is 0 Å². The molecule has 4 heteroatoms. The van der Waals surface area contributed by atoms with Gasteiger partial charge in [-0.3, -0.25) is 9.59 Å². The fraction of sp³-hybridized carbons (Fsp3) is 0.200. The van der Waals surface area contributed by atoms with Crippen LogP contribution >= 0.6 is 0 Å². The Morgan fingerprint density at radius 2 is 2.21 bits per heavy atom. The Balaban J connectivity index is 2.53. The van der Waals surface area contributed by atoms with Gasteiger partial charge in [-0.1, -0.05) is 6.07 Å². The van der Waals surface area contributed by atoms with Crippen LogP contribution in [-0.2, 0) is 9.59 Å². The average Bonchev–Trinajstić information content (AvgIpc) is 2.39. The number of hydrogen-bond acceptors (Lipinski definition) is 4. The van der Waals surface area contributed by atoms with E-state index in [1.165, 1.54) is 25.1 Å². The lowest BCUT2D eigenvalue weighted by Crippen LogP contribution is -2.16. The fourth-order valence-electron chi connectivity index (χ4n) is 1.53. The number of ketones is 1. The minimum atomic E-state index is -0.828. The number of rotatable bonds is 1. The molecule has 0 spiro atoms. The summed E-state index contributed by atoms with van der Waals surface area (Å²) in [6.45, 7) is 1.34. The van der Waals surface area contributed by atoms with Gasteiger partial charge in [0.2, 0.25) is 0 Å². The van der Waals surface area contributed by atoms with Gasteiger partial charge in [-0.05, 0) is 13.0 Å². The number of benzene rings is 1. The minimum absolute atomic E-state index is 0.0146. The van der Waals surface area contributed by atoms with E-state index in [0.29, 0.717) is 5.56 Å². The molecule has 0 aliphatic carbocycles. The number of Topliss-reactive ketones (excluding diaryl/α,β-unsaturated/α-hetero) is 1. The van der Waals surface area contributed by atoms with E-state index in [4.69, 9.17) is 9.84 Å². The number of carbonyl (C=O) groups is 2. The summed E-state index contributed by atoms with van der Waals surface area (Å²) in [6, 6.07) is 4.29. The van der Waals surface area contributed by atoms with E-state index < -0.39 is 11.9 Å². The molecule has 0 fully saturated rings. The Labute approximate surface area is 80.1 Å². The molecular weight excluding hydrogens is 184 g/mol. The molecule has 1 N–H and O–H groups in total. The van der Waals surface area contributed by atoms with Crippen LogP contribution in [0.5, 0.6) is 11.5 Å². The molecule has 2 rings (SSSR count). The van der Waals surface area contributed by atoms with E-state index >= 15 is 0 Å². The van der Waals surface area contributed by atoms with Crippen molar-refractivity contribution in [1.29, 1.82) is 0 Å². The van der Waals surface area contributed by atoms with Gasteiger partial charge in [-0.2, -0.15) is 0 Å². The molecule has 1 atom stereocenters. The third-order valence-electron chi connectivity index (χ3n) is 2.16. The second kappa shape index (κ2) is 2.83. The summed E-state index contributed by atoms with van der Waals surface area (Å²) in [7, 11) is 0. The second-order valence-corrected chi connectivity index (χ2v) is 3.19. The molecule has 1 aliphatic heterocycles. The average molecular weight is 192 g/mol. The number of aromatic hydroxyl groups is 1. The highest BCUT2D eigenvalue weighted by molar-refractivity contribution is 6.07. The number of esters is 1. The van der Waals surface area contributed by atoms with E-state index in [1.807, 2.05) is 0 Å². The largest absolute Gasteiger partial charge is 0.508 e. The fourth-order valence-corrected chi connectivity index (χ4v) is 1.53. The van der Waals surface area contributed by atoms with Crippen molar-refractivity contribution in [2.75, 3.05) is 0 Å². The van der Waals surface area contributed by atoms with Crippen LogP contribution in [0.3, 0.4) is 0 Å². The normalized spacial score (nSPS) is 18.9. The SMILES string of the molecule is CC(=O)C1C(=O)Oc2cc(O)ccc21. The van der Waals surface area contributed by atoms with E-state index in [-0.39, 0.29) is 17.3 Å². The van der Waals surface area contributed by atoms with Gasteiger partial charge in [0.15, 0.2) is 0 Å². The predicted molar refractivity (Wildman–Crippen MR) is 47.2 cm³/mol. The van der Waals surface area contributed by atoms with Gasteiger partial charge in [0.25, 0.3) is 0 Å². The van der Waals surface area contributed by atoms with Crippen molar-refractivity contribution in [3.8, 4) is 11.5 Å². The standard InChI is InChI=1S/C10H8O4/c1-5(11)9-7-3-2-6(12)4-8(7)14-10(9)13/h2-4,9,12H,1H3. The smallest absolute Gasteiger partial charge is 0.326 e. The van der Waals surface area contributed by atoms with Crippen LogP contribution in [0.2, 0.25) is 0 Å². The van der Waals surface area contributed by atoms with Gasteiger partial charge in [-0.15, -0.1) is 0 Å². The molecule has 1 aliphatic rings. The molecule has 72 valence electrons. The van der Waals surface area contributed by atoms with Gasteiger partial charge >= 0.3 is 5.97 Å². The molecule has 0 radical (unpaired) electrons. The van der Waals surface area contributed by atoms with Crippen LogP contribution < -0.4 is 4.74 Å². The minimum Gasteiger partial charge on any atom is -0.508 e. The lowest BCUT2D eigenvalue weighted by Gasteiger charge is -2.00. The molecule has 0 saturated heterocycles. The maximum absolute atomic E-state index is 11.3. The Bertz CT molecular complexity index is 422. The summed E-state index contributed by atoms with van der Waals surface area (Å²) in [6.07, 6.45) is 0. The van der Waals surface area contributed by atoms with E-state index in [0.717, 1.165) is 0 Å². The highest BCUT2D eigenvalue weighted by Crippen LogP contribution is 2.37. The van der Waals surface area contributed by atoms with Crippen molar-refractivity contribution in [3.05, 3.63) is 23.8 Å². The topological polar surface area (TPSA) is 63.6 Å². The maximum Gasteiger partial charge on any atom is 0.326 e. The summed E-state index contributed by atoms with van der Waals surface area (Å²) in [5.74, 6) is -1.36. The zero-order valence-corrected chi connectivity index (χ0v) is 7.48. The zero-order chi connectivity index (χ0) is 10.3. The lowest BCUT2D eigenvalue weighted by atomic mass is 9.97. The summed E-state index contributed by atoms with van der Waals surface area (Å²) in [4.78, 5) is 22.4. The Morgan fingerprint density at radius 1 is 1.50 bits per heavy atom. The first kappa shape index (κ1) is 8.74. The molecule has 0 aromatic heterocycles. The predicted octanol–water partition coefficient (Wildman–Crippen LogP) is 0.984. The van der Waals surface area contributed by atoms with E-state index in [9.17, 15) is 9.59 Å². The number of carbonyl (C=O) groups excluding carboxylic acids is 2. The molecule has 4 nitrogen and oxygen atoms in total. The quantitative estimate of drug-likeness (QED) is 0.409. The van der Waals surface area contributed by atoms with Crippen LogP contribution in [0.4, 0.5) is 0 Å². The van der Waals surface area contributed by atoms with E-state index in [2.05, 4.69) is 0 Å². The number of phenolic OH excluding ortho intramolecular Hbond substituents is 1. The third-order valence-corrected chi connectivity index (χ3v) is 2.16. The molecule has 0 saturated carbocycles. The summed E-state index contributed by atoms with van der Waals surface area (Å²) in [5, 5.41) is 9.13. The van der Waals surface area contributed by atoms with Crippen molar-refractivity contribution in [2.45, 2.75) is 12.8 Å². The van der Waals surface area contributed by atoms with Crippen LogP contribution in [0, 0.1) is 0 Å². The number of ether oxygens (including phenoxy) is 1. The van der Waals surface area contributed by atoms with Crippen molar-refractivity contribution in [2.24, 2.45) is 0 Å².